The topological polar surface area (TPSA) is 74.3 Å². The fourth-order valence-electron chi connectivity index (χ4n) is 2.58. The highest BCUT2D eigenvalue weighted by Gasteiger charge is 2.37. The Bertz CT molecular complexity index is 634. The van der Waals surface area contributed by atoms with Gasteiger partial charge in [-0.2, -0.15) is 13.2 Å². The first-order valence-corrected chi connectivity index (χ1v) is 7.53. The summed E-state index contributed by atoms with van der Waals surface area (Å²) in [5.74, 6) is -0.715. The third-order valence-corrected chi connectivity index (χ3v) is 3.68. The van der Waals surface area contributed by atoms with Gasteiger partial charge in [-0.05, 0) is 38.8 Å². The highest BCUT2D eigenvalue weighted by atomic mass is 19.4. The first kappa shape index (κ1) is 18.0. The van der Waals surface area contributed by atoms with Crippen LogP contribution < -0.4 is 10.6 Å². The van der Waals surface area contributed by atoms with Gasteiger partial charge in [-0.3, -0.25) is 9.78 Å². The van der Waals surface area contributed by atoms with Crippen molar-refractivity contribution >= 4 is 17.6 Å². The molecule has 3 amide bonds. The maximum Gasteiger partial charge on any atom is 0.406 e. The normalized spacial score (nSPS) is 18.5. The van der Waals surface area contributed by atoms with E-state index in [1.165, 1.54) is 0 Å². The lowest BCUT2D eigenvalue weighted by Crippen LogP contribution is -2.54. The fourth-order valence-corrected chi connectivity index (χ4v) is 2.58. The van der Waals surface area contributed by atoms with Crippen LogP contribution in [0.2, 0.25) is 0 Å². The van der Waals surface area contributed by atoms with Gasteiger partial charge in [0, 0.05) is 12.2 Å². The number of hydrogen-bond donors (Lipinski definition) is 2. The Labute approximate surface area is 137 Å². The molecule has 1 aromatic rings. The third-order valence-electron chi connectivity index (χ3n) is 3.68. The molecule has 1 fully saturated rings. The Kier molecular flexibility index (Phi) is 5.30. The number of rotatable bonds is 3. The van der Waals surface area contributed by atoms with Gasteiger partial charge in [0.25, 0.3) is 0 Å². The highest BCUT2D eigenvalue weighted by Crippen LogP contribution is 2.21. The van der Waals surface area contributed by atoms with Gasteiger partial charge >= 0.3 is 12.2 Å². The Balaban J connectivity index is 1.96. The molecule has 6 nitrogen and oxygen atoms in total. The summed E-state index contributed by atoms with van der Waals surface area (Å²) < 4.78 is 37.4. The Morgan fingerprint density at radius 1 is 1.38 bits per heavy atom. The number of alkyl halides is 3. The molecule has 1 atom stereocenters. The first-order valence-electron chi connectivity index (χ1n) is 7.53. The summed E-state index contributed by atoms with van der Waals surface area (Å²) in [6.07, 6.45) is -3.74. The maximum atomic E-state index is 12.5. The van der Waals surface area contributed by atoms with Crippen LogP contribution in [-0.4, -0.2) is 47.1 Å². The number of aromatic nitrogens is 1. The molecule has 0 saturated carbocycles. The van der Waals surface area contributed by atoms with E-state index in [4.69, 9.17) is 0 Å². The summed E-state index contributed by atoms with van der Waals surface area (Å²) in [6.45, 7) is 2.28. The van der Waals surface area contributed by atoms with E-state index in [1.54, 1.807) is 19.1 Å². The van der Waals surface area contributed by atoms with Crippen LogP contribution in [0.4, 0.5) is 23.7 Å². The van der Waals surface area contributed by atoms with E-state index in [2.05, 4.69) is 15.6 Å². The van der Waals surface area contributed by atoms with E-state index in [0.29, 0.717) is 24.2 Å². The minimum atomic E-state index is -4.45. The van der Waals surface area contributed by atoms with Crippen molar-refractivity contribution in [3.8, 4) is 0 Å². The molecule has 1 aromatic heterocycles. The lowest BCUT2D eigenvalue weighted by molar-refractivity contribution is -0.164. The van der Waals surface area contributed by atoms with Crippen LogP contribution in [0.5, 0.6) is 0 Å². The summed E-state index contributed by atoms with van der Waals surface area (Å²) in [4.78, 5) is 29.0. The SMILES string of the molecule is Cc1ccc(NC(=O)NC2CCCN(CC(F)(F)F)C2=O)c(C)n1. The predicted octanol–water partition coefficient (Wildman–Crippen LogP) is 2.37. The Hall–Kier alpha value is -2.32. The molecule has 1 saturated heterocycles. The molecule has 2 rings (SSSR count). The third kappa shape index (κ3) is 4.84. The number of nitrogens with one attached hydrogen (secondary N) is 2. The van der Waals surface area contributed by atoms with Gasteiger partial charge in [0.05, 0.1) is 11.4 Å². The van der Waals surface area contributed by atoms with Crippen LogP contribution in [-0.2, 0) is 4.79 Å². The number of urea groups is 1. The van der Waals surface area contributed by atoms with Gasteiger partial charge in [0.15, 0.2) is 0 Å². The van der Waals surface area contributed by atoms with Crippen molar-refractivity contribution in [2.24, 2.45) is 0 Å². The lowest BCUT2D eigenvalue weighted by Gasteiger charge is -2.33. The number of aryl methyl sites for hydroxylation is 2. The van der Waals surface area contributed by atoms with Gasteiger partial charge < -0.3 is 15.5 Å². The quantitative estimate of drug-likeness (QED) is 0.884. The van der Waals surface area contributed by atoms with E-state index in [0.717, 1.165) is 10.6 Å². The van der Waals surface area contributed by atoms with E-state index in [-0.39, 0.29) is 6.54 Å². The molecular formula is C15H19F3N4O2. The van der Waals surface area contributed by atoms with Crippen molar-refractivity contribution < 1.29 is 22.8 Å². The van der Waals surface area contributed by atoms with Crippen molar-refractivity contribution in [1.29, 1.82) is 0 Å². The van der Waals surface area contributed by atoms with Gasteiger partial charge in [0.1, 0.15) is 12.6 Å². The van der Waals surface area contributed by atoms with Crippen molar-refractivity contribution in [2.45, 2.75) is 38.9 Å². The molecule has 9 heteroatoms. The average molecular weight is 344 g/mol. The summed E-state index contributed by atoms with van der Waals surface area (Å²) in [5, 5.41) is 5.00. The zero-order valence-corrected chi connectivity index (χ0v) is 13.4. The van der Waals surface area contributed by atoms with Crippen molar-refractivity contribution in [1.82, 2.24) is 15.2 Å². The molecule has 1 aliphatic heterocycles. The largest absolute Gasteiger partial charge is 0.406 e. The second-order valence-corrected chi connectivity index (χ2v) is 5.75. The predicted molar refractivity (Wildman–Crippen MR) is 81.5 cm³/mol. The molecule has 1 unspecified atom stereocenters. The zero-order valence-electron chi connectivity index (χ0n) is 13.4. The number of carbonyl (C=O) groups is 2. The van der Waals surface area contributed by atoms with E-state index >= 15 is 0 Å². The van der Waals surface area contributed by atoms with E-state index in [1.807, 2.05) is 6.92 Å². The Morgan fingerprint density at radius 2 is 2.08 bits per heavy atom. The zero-order chi connectivity index (χ0) is 17.9. The summed E-state index contributed by atoms with van der Waals surface area (Å²) in [7, 11) is 0. The molecule has 2 heterocycles. The smallest absolute Gasteiger partial charge is 0.332 e. The van der Waals surface area contributed by atoms with Crippen LogP contribution in [0.15, 0.2) is 12.1 Å². The van der Waals surface area contributed by atoms with E-state index < -0.39 is 30.7 Å². The van der Waals surface area contributed by atoms with Gasteiger partial charge in [-0.1, -0.05) is 0 Å². The number of pyridine rings is 1. The average Bonchev–Trinajstić information content (AvgIpc) is 2.45. The lowest BCUT2D eigenvalue weighted by atomic mass is 10.0. The molecule has 0 aromatic carbocycles. The van der Waals surface area contributed by atoms with E-state index in [9.17, 15) is 22.8 Å². The van der Waals surface area contributed by atoms with Gasteiger partial charge in [-0.15, -0.1) is 0 Å². The maximum absolute atomic E-state index is 12.5. The highest BCUT2D eigenvalue weighted by molar-refractivity contribution is 5.94. The molecule has 132 valence electrons. The van der Waals surface area contributed by atoms with Crippen LogP contribution in [0.25, 0.3) is 0 Å². The van der Waals surface area contributed by atoms with Crippen LogP contribution in [0.1, 0.15) is 24.2 Å². The first-order chi connectivity index (χ1) is 11.2. The minimum absolute atomic E-state index is 0.0408. The fraction of sp³-hybridized carbons (Fsp3) is 0.533. The number of anilines is 1. The van der Waals surface area contributed by atoms with Crippen LogP contribution in [0, 0.1) is 13.8 Å². The second-order valence-electron chi connectivity index (χ2n) is 5.75. The number of halogens is 3. The van der Waals surface area contributed by atoms with Crippen LogP contribution >= 0.6 is 0 Å². The molecular weight excluding hydrogens is 325 g/mol. The molecule has 0 bridgehead atoms. The molecule has 0 spiro atoms. The number of piperidine rings is 1. The number of amides is 3. The van der Waals surface area contributed by atoms with Crippen molar-refractivity contribution in [3.63, 3.8) is 0 Å². The molecule has 24 heavy (non-hydrogen) atoms. The number of hydrogen-bond acceptors (Lipinski definition) is 3. The van der Waals surface area contributed by atoms with Crippen molar-refractivity contribution in [2.75, 3.05) is 18.4 Å². The molecule has 0 radical (unpaired) electrons. The van der Waals surface area contributed by atoms with Gasteiger partial charge in [-0.25, -0.2) is 4.79 Å². The summed E-state index contributed by atoms with van der Waals surface area (Å²) >= 11 is 0. The monoisotopic (exact) mass is 344 g/mol. The second kappa shape index (κ2) is 7.06. The Morgan fingerprint density at radius 3 is 2.71 bits per heavy atom. The molecule has 0 aliphatic carbocycles. The standard InChI is InChI=1S/C15H19F3N4O2/c1-9-5-6-11(10(2)19-9)20-14(24)21-12-4-3-7-22(13(12)23)8-15(16,17)18/h5-6,12H,3-4,7-8H2,1-2H3,(H2,20,21,24). The number of nitrogens with zero attached hydrogens (tertiary/aromatic N) is 2. The summed E-state index contributed by atoms with van der Waals surface area (Å²) in [6, 6.07) is 1.80. The van der Waals surface area contributed by atoms with Crippen molar-refractivity contribution in [3.05, 3.63) is 23.5 Å². The number of carbonyl (C=O) groups excluding carboxylic acids is 2. The number of likely N-dealkylation sites (tertiary alicyclic amines) is 1. The van der Waals surface area contributed by atoms with Gasteiger partial charge in [0.2, 0.25) is 5.91 Å². The van der Waals surface area contributed by atoms with Crippen LogP contribution in [0.3, 0.4) is 0 Å². The summed E-state index contributed by atoms with van der Waals surface area (Å²) in [5.41, 5.74) is 1.89. The molecule has 2 N–H and O–H groups in total. The molecule has 1 aliphatic rings. The minimum Gasteiger partial charge on any atom is -0.332 e.